The minimum absolute atomic E-state index is 0.00547. The molecule has 2 aromatic carbocycles. The van der Waals surface area contributed by atoms with Crippen LogP contribution in [0.4, 0.5) is 0 Å². The number of nitrogens with zero attached hydrogens (tertiary/aromatic N) is 1. The number of rotatable bonds is 2. The number of benzene rings is 2. The summed E-state index contributed by atoms with van der Waals surface area (Å²) in [5, 5.41) is 19.5. The number of aromatic hydroxyl groups is 1. The lowest BCUT2D eigenvalue weighted by Gasteiger charge is -2.38. The van der Waals surface area contributed by atoms with E-state index in [-0.39, 0.29) is 22.4 Å². The maximum atomic E-state index is 12.8. The molecule has 0 bridgehead atoms. The second-order valence-electron chi connectivity index (χ2n) is 5.79. The molecule has 1 heterocycles. The number of primary amides is 1. The van der Waals surface area contributed by atoms with Crippen molar-refractivity contribution in [2.75, 3.05) is 0 Å². The van der Waals surface area contributed by atoms with Gasteiger partial charge in [-0.05, 0) is 29.3 Å². The predicted octanol–water partition coefficient (Wildman–Crippen LogP) is 0.769. The summed E-state index contributed by atoms with van der Waals surface area (Å²) in [6, 6.07) is 10.1. The summed E-state index contributed by atoms with van der Waals surface area (Å²) in [5.74, 6) is -6.31. The zero-order chi connectivity index (χ0) is 19.0. The van der Waals surface area contributed by atoms with Gasteiger partial charge < -0.3 is 15.9 Å². The second-order valence-corrected chi connectivity index (χ2v) is 5.79. The average molecular weight is 354 g/mol. The van der Waals surface area contributed by atoms with Crippen LogP contribution in [-0.2, 0) is 14.4 Å². The van der Waals surface area contributed by atoms with Gasteiger partial charge in [0.2, 0.25) is 0 Å². The first kappa shape index (κ1) is 17.2. The molecule has 0 fully saturated rings. The molecule has 2 unspecified atom stereocenters. The Labute approximate surface area is 147 Å². The lowest BCUT2D eigenvalue weighted by molar-refractivity contribution is -0.147. The molecular weight excluding hydrogens is 340 g/mol. The first-order valence-corrected chi connectivity index (χ1v) is 7.61. The van der Waals surface area contributed by atoms with Gasteiger partial charge in [-0.2, -0.15) is 0 Å². The molecule has 0 saturated carbocycles. The number of fused-ring (bicyclic) bond motifs is 1. The third-order valence-corrected chi connectivity index (χ3v) is 4.25. The molecule has 0 spiro atoms. The maximum Gasteiger partial charge on any atom is 0.319 e. The van der Waals surface area contributed by atoms with Crippen molar-refractivity contribution in [2.24, 2.45) is 5.73 Å². The first-order chi connectivity index (χ1) is 12.3. The van der Waals surface area contributed by atoms with Gasteiger partial charge in [-0.1, -0.05) is 30.3 Å². The Hall–Kier alpha value is -3.68. The number of phenolic OH excluding ortho intramolecular Hbond substituents is 1. The van der Waals surface area contributed by atoms with Crippen LogP contribution >= 0.6 is 0 Å². The van der Waals surface area contributed by atoms with E-state index in [1.54, 1.807) is 6.07 Å². The summed E-state index contributed by atoms with van der Waals surface area (Å²) in [6.07, 6.45) is 0. The number of carbonyl (C=O) groups excluding carboxylic acids is 3. The zero-order valence-electron chi connectivity index (χ0n) is 13.3. The molecule has 0 radical (unpaired) electrons. The Balaban J connectivity index is 2.30. The van der Waals surface area contributed by atoms with E-state index in [4.69, 9.17) is 5.73 Å². The fourth-order valence-corrected chi connectivity index (χ4v) is 3.19. The molecule has 8 nitrogen and oxygen atoms in total. The highest BCUT2D eigenvalue weighted by molar-refractivity contribution is 6.38. The van der Waals surface area contributed by atoms with Gasteiger partial charge in [-0.15, -0.1) is 0 Å². The first-order valence-electron chi connectivity index (χ1n) is 7.61. The highest BCUT2D eigenvalue weighted by Crippen LogP contribution is 2.43. The summed E-state index contributed by atoms with van der Waals surface area (Å²) >= 11 is 0. The Morgan fingerprint density at radius 1 is 1.04 bits per heavy atom. The Bertz CT molecular complexity index is 939. The fraction of sp³-hybridized carbons (Fsp3) is 0.111. The summed E-state index contributed by atoms with van der Waals surface area (Å²) in [6.45, 7) is 0. The van der Waals surface area contributed by atoms with Crippen LogP contribution < -0.4 is 5.73 Å². The molecule has 0 aromatic heterocycles. The number of aliphatic carboxylic acids is 1. The zero-order valence-corrected chi connectivity index (χ0v) is 13.3. The van der Waals surface area contributed by atoms with Crippen molar-refractivity contribution in [3.8, 4) is 5.75 Å². The van der Waals surface area contributed by atoms with E-state index in [2.05, 4.69) is 0 Å². The van der Waals surface area contributed by atoms with Crippen molar-refractivity contribution in [3.63, 3.8) is 0 Å². The van der Waals surface area contributed by atoms with Crippen LogP contribution in [0.2, 0.25) is 0 Å². The molecule has 0 aliphatic carbocycles. The van der Waals surface area contributed by atoms with Gasteiger partial charge in [0.1, 0.15) is 11.7 Å². The minimum atomic E-state index is -1.38. The molecule has 8 heteroatoms. The number of phenols is 1. The number of amides is 3. The third-order valence-electron chi connectivity index (χ3n) is 4.25. The van der Waals surface area contributed by atoms with Gasteiger partial charge >= 0.3 is 17.8 Å². The minimum Gasteiger partial charge on any atom is -0.508 e. The SMILES string of the molecule is NC(=O)C(=O)N1C(=O)c2ccccc2C(C(=O)O)C1c1cccc(O)c1. The molecule has 0 saturated heterocycles. The van der Waals surface area contributed by atoms with E-state index in [9.17, 15) is 29.4 Å². The number of nitrogens with two attached hydrogens (primary N) is 1. The van der Waals surface area contributed by atoms with Crippen molar-refractivity contribution in [3.05, 3.63) is 65.2 Å². The normalized spacial score (nSPS) is 18.9. The molecule has 2 aromatic rings. The molecule has 1 aliphatic heterocycles. The van der Waals surface area contributed by atoms with E-state index < -0.39 is 35.7 Å². The lowest BCUT2D eigenvalue weighted by atomic mass is 9.79. The topological polar surface area (TPSA) is 138 Å². The smallest absolute Gasteiger partial charge is 0.319 e. The van der Waals surface area contributed by atoms with E-state index in [0.717, 1.165) is 0 Å². The quantitative estimate of drug-likeness (QED) is 0.681. The van der Waals surface area contributed by atoms with Gasteiger partial charge in [0.25, 0.3) is 5.91 Å². The van der Waals surface area contributed by atoms with Crippen LogP contribution in [0.25, 0.3) is 0 Å². The summed E-state index contributed by atoms with van der Waals surface area (Å²) in [7, 11) is 0. The fourth-order valence-electron chi connectivity index (χ4n) is 3.19. The van der Waals surface area contributed by atoms with E-state index in [0.29, 0.717) is 4.90 Å². The predicted molar refractivity (Wildman–Crippen MR) is 88.0 cm³/mol. The van der Waals surface area contributed by atoms with Crippen LogP contribution in [0.5, 0.6) is 5.75 Å². The lowest BCUT2D eigenvalue weighted by Crippen LogP contribution is -2.51. The van der Waals surface area contributed by atoms with Crippen LogP contribution in [-0.4, -0.2) is 38.8 Å². The number of hydrogen-bond donors (Lipinski definition) is 3. The van der Waals surface area contributed by atoms with Gasteiger partial charge in [-0.25, -0.2) is 0 Å². The molecule has 132 valence electrons. The summed E-state index contributed by atoms with van der Waals surface area (Å²) in [5.41, 5.74) is 5.47. The Morgan fingerprint density at radius 2 is 1.73 bits per heavy atom. The molecule has 26 heavy (non-hydrogen) atoms. The van der Waals surface area contributed by atoms with E-state index in [1.165, 1.54) is 42.5 Å². The Morgan fingerprint density at radius 3 is 2.35 bits per heavy atom. The standard InChI is InChI=1S/C18H14N2O6/c19-15(22)17(24)20-14(9-4-3-5-10(21)8-9)13(18(25)26)11-6-1-2-7-12(11)16(20)23/h1-8,13-14,21H,(H2,19,22)(H,25,26). The van der Waals surface area contributed by atoms with Crippen molar-refractivity contribution < 1.29 is 29.4 Å². The van der Waals surface area contributed by atoms with Gasteiger partial charge in [-0.3, -0.25) is 24.1 Å². The maximum absolute atomic E-state index is 12.8. The number of carbonyl (C=O) groups is 4. The summed E-state index contributed by atoms with van der Waals surface area (Å²) < 4.78 is 0. The highest BCUT2D eigenvalue weighted by Gasteiger charge is 2.48. The van der Waals surface area contributed by atoms with Crippen LogP contribution in [0, 0.1) is 0 Å². The van der Waals surface area contributed by atoms with Crippen molar-refractivity contribution in [2.45, 2.75) is 12.0 Å². The van der Waals surface area contributed by atoms with Crippen molar-refractivity contribution in [1.29, 1.82) is 0 Å². The van der Waals surface area contributed by atoms with Gasteiger partial charge in [0, 0.05) is 5.56 Å². The van der Waals surface area contributed by atoms with E-state index in [1.807, 2.05) is 0 Å². The second kappa shape index (κ2) is 6.32. The van der Waals surface area contributed by atoms with Crippen molar-refractivity contribution in [1.82, 2.24) is 4.90 Å². The largest absolute Gasteiger partial charge is 0.508 e. The van der Waals surface area contributed by atoms with E-state index >= 15 is 0 Å². The molecule has 3 rings (SSSR count). The average Bonchev–Trinajstić information content (AvgIpc) is 2.60. The highest BCUT2D eigenvalue weighted by atomic mass is 16.4. The molecular formula is C18H14N2O6. The molecule has 3 amide bonds. The Kier molecular flexibility index (Phi) is 4.17. The van der Waals surface area contributed by atoms with Crippen LogP contribution in [0.3, 0.4) is 0 Å². The van der Waals surface area contributed by atoms with Crippen LogP contribution in [0.15, 0.2) is 48.5 Å². The number of carboxylic acids is 1. The van der Waals surface area contributed by atoms with Gasteiger partial charge in [0.15, 0.2) is 0 Å². The number of hydrogen-bond acceptors (Lipinski definition) is 5. The third kappa shape index (κ3) is 2.67. The van der Waals surface area contributed by atoms with Gasteiger partial charge in [0.05, 0.1) is 6.04 Å². The monoisotopic (exact) mass is 354 g/mol. The molecule has 1 aliphatic rings. The number of imide groups is 1. The van der Waals surface area contributed by atoms with Crippen molar-refractivity contribution >= 4 is 23.7 Å². The number of carboxylic acid groups (broad SMARTS) is 1. The summed E-state index contributed by atoms with van der Waals surface area (Å²) in [4.78, 5) is 49.2. The molecule has 2 atom stereocenters. The molecule has 4 N–H and O–H groups in total. The van der Waals surface area contributed by atoms with Crippen LogP contribution in [0.1, 0.15) is 33.4 Å².